The molecule has 3 rings (SSSR count). The summed E-state index contributed by atoms with van der Waals surface area (Å²) >= 11 is 5.92. The van der Waals surface area contributed by atoms with Gasteiger partial charge >= 0.3 is 0 Å². The van der Waals surface area contributed by atoms with Gasteiger partial charge in [-0.1, -0.05) is 41.9 Å². The van der Waals surface area contributed by atoms with Gasteiger partial charge in [-0.15, -0.1) is 0 Å². The highest BCUT2D eigenvalue weighted by atomic mass is 35.5. The van der Waals surface area contributed by atoms with Crippen LogP contribution in [-0.4, -0.2) is 10.9 Å². The average molecular weight is 381 g/mol. The number of nitrogens with zero attached hydrogens (tertiary/aromatic N) is 1. The van der Waals surface area contributed by atoms with E-state index in [2.05, 4.69) is 10.3 Å². The molecule has 0 bridgehead atoms. The lowest BCUT2D eigenvalue weighted by Gasteiger charge is -2.15. The zero-order chi connectivity index (χ0) is 19.4. The molecule has 1 N–H and O–H groups in total. The number of hydrogen-bond acceptors (Lipinski definition) is 3. The van der Waals surface area contributed by atoms with Gasteiger partial charge in [0.2, 0.25) is 0 Å². The Morgan fingerprint density at radius 2 is 1.78 bits per heavy atom. The van der Waals surface area contributed by atoms with Gasteiger partial charge in [0.15, 0.2) is 0 Å². The van der Waals surface area contributed by atoms with E-state index < -0.39 is 0 Å². The van der Waals surface area contributed by atoms with Crippen LogP contribution in [0, 0.1) is 20.8 Å². The molecule has 1 amide bonds. The molecule has 4 nitrogen and oxygen atoms in total. The molecule has 0 spiro atoms. The van der Waals surface area contributed by atoms with E-state index in [9.17, 15) is 4.79 Å². The van der Waals surface area contributed by atoms with Gasteiger partial charge in [-0.05, 0) is 50.1 Å². The monoisotopic (exact) mass is 380 g/mol. The van der Waals surface area contributed by atoms with Crippen molar-refractivity contribution < 1.29 is 9.53 Å². The minimum Gasteiger partial charge on any atom is -0.488 e. The first kappa shape index (κ1) is 18.9. The number of anilines is 1. The van der Waals surface area contributed by atoms with E-state index in [-0.39, 0.29) is 5.91 Å². The number of halogens is 1. The second kappa shape index (κ2) is 8.23. The highest BCUT2D eigenvalue weighted by Crippen LogP contribution is 2.25. The van der Waals surface area contributed by atoms with Crippen LogP contribution < -0.4 is 10.1 Å². The number of rotatable bonds is 5. The maximum absolute atomic E-state index is 12.9. The highest BCUT2D eigenvalue weighted by molar-refractivity contribution is 6.30. The maximum Gasteiger partial charge on any atom is 0.261 e. The Hall–Kier alpha value is -2.85. The summed E-state index contributed by atoms with van der Waals surface area (Å²) in [5, 5.41) is 3.63. The molecule has 0 fully saturated rings. The number of nitrogens with one attached hydrogen (secondary N) is 1. The lowest BCUT2D eigenvalue weighted by Crippen LogP contribution is -2.17. The molecule has 3 aromatic rings. The summed E-state index contributed by atoms with van der Waals surface area (Å²) in [5.41, 5.74) is 4.60. The summed E-state index contributed by atoms with van der Waals surface area (Å²) in [6, 6.07) is 16.9. The molecule has 138 valence electrons. The Morgan fingerprint density at radius 3 is 2.48 bits per heavy atom. The third kappa shape index (κ3) is 4.66. The first-order chi connectivity index (χ1) is 12.9. The van der Waals surface area contributed by atoms with Crippen molar-refractivity contribution in [2.75, 3.05) is 5.32 Å². The van der Waals surface area contributed by atoms with Crippen LogP contribution in [-0.2, 0) is 6.61 Å². The van der Waals surface area contributed by atoms with E-state index >= 15 is 0 Å². The van der Waals surface area contributed by atoms with E-state index in [0.717, 1.165) is 22.5 Å². The van der Waals surface area contributed by atoms with Crippen LogP contribution in [0.15, 0.2) is 54.6 Å². The van der Waals surface area contributed by atoms with Gasteiger partial charge in [-0.3, -0.25) is 9.78 Å². The number of carbonyl (C=O) groups excluding carboxylic acids is 1. The SMILES string of the molecule is Cc1cc(OCc2ccc(Cl)cc2)c(C(=O)Nc2ccccc2C)c(C)n1. The fraction of sp³-hybridized carbons (Fsp3) is 0.182. The van der Waals surface area contributed by atoms with Crippen LogP contribution in [0.3, 0.4) is 0 Å². The number of para-hydroxylation sites is 1. The van der Waals surface area contributed by atoms with Crippen LogP contribution >= 0.6 is 11.6 Å². The maximum atomic E-state index is 12.9. The fourth-order valence-electron chi connectivity index (χ4n) is 2.82. The summed E-state index contributed by atoms with van der Waals surface area (Å²) in [5.74, 6) is 0.279. The molecule has 0 saturated carbocycles. The zero-order valence-electron chi connectivity index (χ0n) is 15.5. The molecule has 0 unspecified atom stereocenters. The third-order valence-electron chi connectivity index (χ3n) is 4.22. The smallest absolute Gasteiger partial charge is 0.261 e. The van der Waals surface area contributed by atoms with Crippen molar-refractivity contribution >= 4 is 23.2 Å². The molecule has 0 saturated heterocycles. The molecule has 5 heteroatoms. The minimum absolute atomic E-state index is 0.236. The van der Waals surface area contributed by atoms with Gasteiger partial charge in [0.05, 0.1) is 5.69 Å². The molecular formula is C22H21ClN2O2. The number of amides is 1. The van der Waals surface area contributed by atoms with Crippen LogP contribution in [0.2, 0.25) is 5.02 Å². The largest absolute Gasteiger partial charge is 0.488 e. The summed E-state index contributed by atoms with van der Waals surface area (Å²) < 4.78 is 5.97. The molecule has 0 aliphatic heterocycles. The van der Waals surface area contributed by atoms with E-state index in [1.165, 1.54) is 0 Å². The second-order valence-electron chi connectivity index (χ2n) is 6.41. The summed E-state index contributed by atoms with van der Waals surface area (Å²) in [7, 11) is 0. The van der Waals surface area contributed by atoms with Crippen LogP contribution in [0.25, 0.3) is 0 Å². The zero-order valence-corrected chi connectivity index (χ0v) is 16.3. The summed E-state index contributed by atoms with van der Waals surface area (Å²) in [6.07, 6.45) is 0. The van der Waals surface area contributed by atoms with Gasteiger partial charge in [-0.25, -0.2) is 0 Å². The Balaban J connectivity index is 1.86. The summed E-state index contributed by atoms with van der Waals surface area (Å²) in [6.45, 7) is 5.98. The molecule has 2 aromatic carbocycles. The van der Waals surface area contributed by atoms with Gasteiger partial charge in [0.1, 0.15) is 17.9 Å². The number of ether oxygens (including phenoxy) is 1. The Morgan fingerprint density at radius 1 is 1.07 bits per heavy atom. The van der Waals surface area contributed by atoms with Crippen molar-refractivity contribution in [3.63, 3.8) is 0 Å². The molecule has 0 radical (unpaired) electrons. The van der Waals surface area contributed by atoms with Crippen molar-refractivity contribution in [2.24, 2.45) is 0 Å². The van der Waals surface area contributed by atoms with Gasteiger partial charge in [-0.2, -0.15) is 0 Å². The van der Waals surface area contributed by atoms with Crippen molar-refractivity contribution in [2.45, 2.75) is 27.4 Å². The number of carbonyl (C=O) groups is 1. The fourth-order valence-corrected chi connectivity index (χ4v) is 2.95. The van der Waals surface area contributed by atoms with Crippen LogP contribution in [0.1, 0.15) is 32.9 Å². The number of benzene rings is 2. The lowest BCUT2D eigenvalue weighted by atomic mass is 10.1. The van der Waals surface area contributed by atoms with Crippen LogP contribution in [0.4, 0.5) is 5.69 Å². The van der Waals surface area contributed by atoms with Gasteiger partial charge in [0, 0.05) is 22.5 Å². The average Bonchev–Trinajstić information content (AvgIpc) is 2.62. The normalized spacial score (nSPS) is 10.5. The van der Waals surface area contributed by atoms with E-state index in [1.54, 1.807) is 6.07 Å². The molecule has 1 aromatic heterocycles. The van der Waals surface area contributed by atoms with E-state index in [1.807, 2.05) is 69.3 Å². The molecule has 27 heavy (non-hydrogen) atoms. The molecule has 0 atom stereocenters. The first-order valence-electron chi connectivity index (χ1n) is 8.66. The topological polar surface area (TPSA) is 51.2 Å². The molecular weight excluding hydrogens is 360 g/mol. The lowest BCUT2D eigenvalue weighted by molar-refractivity contribution is 0.102. The van der Waals surface area contributed by atoms with Crippen molar-refractivity contribution in [3.05, 3.63) is 87.7 Å². The Labute approximate surface area is 164 Å². The molecule has 1 heterocycles. The number of aryl methyl sites for hydroxylation is 3. The Bertz CT molecular complexity index is 969. The number of hydrogen-bond donors (Lipinski definition) is 1. The Kier molecular flexibility index (Phi) is 5.77. The van der Waals surface area contributed by atoms with Gasteiger partial charge < -0.3 is 10.1 Å². The molecule has 0 aliphatic rings. The highest BCUT2D eigenvalue weighted by Gasteiger charge is 2.18. The number of pyridine rings is 1. The number of aromatic nitrogens is 1. The second-order valence-corrected chi connectivity index (χ2v) is 6.84. The first-order valence-corrected chi connectivity index (χ1v) is 9.04. The minimum atomic E-state index is -0.236. The predicted molar refractivity (Wildman–Crippen MR) is 109 cm³/mol. The third-order valence-corrected chi connectivity index (χ3v) is 4.47. The standard InChI is InChI=1S/C22H21ClN2O2/c1-14-6-4-5-7-19(14)25-22(26)21-16(3)24-15(2)12-20(21)27-13-17-8-10-18(23)11-9-17/h4-12H,13H2,1-3H3,(H,25,26). The van der Waals surface area contributed by atoms with Gasteiger partial charge in [0.25, 0.3) is 5.91 Å². The van der Waals surface area contributed by atoms with Crippen molar-refractivity contribution in [1.82, 2.24) is 4.98 Å². The van der Waals surface area contributed by atoms with Crippen molar-refractivity contribution in [3.8, 4) is 5.75 Å². The van der Waals surface area contributed by atoms with E-state index in [4.69, 9.17) is 16.3 Å². The van der Waals surface area contributed by atoms with Crippen molar-refractivity contribution in [1.29, 1.82) is 0 Å². The quantitative estimate of drug-likeness (QED) is 0.636. The van der Waals surface area contributed by atoms with Crippen LogP contribution in [0.5, 0.6) is 5.75 Å². The summed E-state index contributed by atoms with van der Waals surface area (Å²) in [4.78, 5) is 17.4. The predicted octanol–water partition coefficient (Wildman–Crippen LogP) is 5.49. The molecule has 0 aliphatic carbocycles. The van der Waals surface area contributed by atoms with E-state index in [0.29, 0.717) is 28.6 Å².